The van der Waals surface area contributed by atoms with Crippen LogP contribution in [0, 0.1) is 11.3 Å². The van der Waals surface area contributed by atoms with Gasteiger partial charge >= 0.3 is 0 Å². The van der Waals surface area contributed by atoms with Crippen LogP contribution in [0.15, 0.2) is 16.8 Å². The van der Waals surface area contributed by atoms with E-state index in [1.54, 1.807) is 12.3 Å². The number of rotatable bonds is 4. The molecule has 18 heavy (non-hydrogen) atoms. The lowest BCUT2D eigenvalue weighted by Gasteiger charge is -2.37. The molecule has 1 fully saturated rings. The smallest absolute Gasteiger partial charge is 0.227 e. The number of amides is 1. The highest BCUT2D eigenvalue weighted by atomic mass is 16.5. The van der Waals surface area contributed by atoms with E-state index in [2.05, 4.69) is 17.4 Å². The molecule has 5 nitrogen and oxygen atoms in total. The van der Waals surface area contributed by atoms with Gasteiger partial charge in [0.1, 0.15) is 0 Å². The van der Waals surface area contributed by atoms with Gasteiger partial charge in [-0.1, -0.05) is 12.1 Å². The summed E-state index contributed by atoms with van der Waals surface area (Å²) in [5, 5.41) is 6.52. The van der Waals surface area contributed by atoms with Gasteiger partial charge in [-0.3, -0.25) is 4.79 Å². The molecule has 0 spiro atoms. The molecular weight excluding hydrogens is 230 g/mol. The fourth-order valence-corrected chi connectivity index (χ4v) is 2.53. The predicted octanol–water partition coefficient (Wildman–Crippen LogP) is 1.45. The number of hydrogen-bond acceptors (Lipinski definition) is 4. The molecule has 0 bridgehead atoms. The van der Waals surface area contributed by atoms with E-state index in [0.717, 1.165) is 25.7 Å². The van der Waals surface area contributed by atoms with Crippen molar-refractivity contribution in [1.82, 2.24) is 10.5 Å². The van der Waals surface area contributed by atoms with Crippen molar-refractivity contribution in [3.05, 3.63) is 18.0 Å². The third kappa shape index (κ3) is 2.72. The van der Waals surface area contributed by atoms with Crippen LogP contribution >= 0.6 is 0 Å². The van der Waals surface area contributed by atoms with Crippen molar-refractivity contribution in [1.29, 1.82) is 0 Å². The number of hydrogen-bond donors (Lipinski definition) is 2. The molecule has 2 rings (SSSR count). The van der Waals surface area contributed by atoms with Crippen LogP contribution in [-0.2, 0) is 11.3 Å². The summed E-state index contributed by atoms with van der Waals surface area (Å²) >= 11 is 0. The van der Waals surface area contributed by atoms with Crippen LogP contribution in [0.2, 0.25) is 0 Å². The van der Waals surface area contributed by atoms with Crippen molar-refractivity contribution in [3.63, 3.8) is 0 Å². The zero-order valence-electron chi connectivity index (χ0n) is 10.8. The van der Waals surface area contributed by atoms with Crippen molar-refractivity contribution < 1.29 is 9.32 Å². The number of carbonyl (C=O) groups is 1. The first-order valence-corrected chi connectivity index (χ1v) is 6.54. The maximum atomic E-state index is 12.3. The predicted molar refractivity (Wildman–Crippen MR) is 67.5 cm³/mol. The second kappa shape index (κ2) is 5.52. The van der Waals surface area contributed by atoms with E-state index >= 15 is 0 Å². The molecule has 1 saturated carbocycles. The molecule has 1 aliphatic rings. The SMILES string of the molecule is CC1CCC(CN)(C(=O)NCc2ccno2)CC1. The lowest BCUT2D eigenvalue weighted by Crippen LogP contribution is -2.47. The van der Waals surface area contributed by atoms with Crippen molar-refractivity contribution in [3.8, 4) is 0 Å². The lowest BCUT2D eigenvalue weighted by molar-refractivity contribution is -0.133. The minimum atomic E-state index is -0.382. The Labute approximate surface area is 107 Å². The Balaban J connectivity index is 1.93. The minimum Gasteiger partial charge on any atom is -0.360 e. The van der Waals surface area contributed by atoms with Crippen LogP contribution in [0.4, 0.5) is 0 Å². The number of nitrogens with zero attached hydrogens (tertiary/aromatic N) is 1. The molecule has 100 valence electrons. The highest BCUT2D eigenvalue weighted by molar-refractivity contribution is 5.82. The number of aromatic nitrogens is 1. The summed E-state index contributed by atoms with van der Waals surface area (Å²) in [4.78, 5) is 12.3. The second-order valence-corrected chi connectivity index (χ2v) is 5.33. The lowest BCUT2D eigenvalue weighted by atomic mass is 9.70. The molecule has 0 aromatic carbocycles. The maximum absolute atomic E-state index is 12.3. The number of carbonyl (C=O) groups excluding carboxylic acids is 1. The largest absolute Gasteiger partial charge is 0.360 e. The van der Waals surface area contributed by atoms with E-state index in [4.69, 9.17) is 10.3 Å². The van der Waals surface area contributed by atoms with Crippen LogP contribution in [0.25, 0.3) is 0 Å². The van der Waals surface area contributed by atoms with E-state index in [9.17, 15) is 4.79 Å². The van der Waals surface area contributed by atoms with Gasteiger partial charge < -0.3 is 15.6 Å². The Morgan fingerprint density at radius 2 is 2.33 bits per heavy atom. The maximum Gasteiger partial charge on any atom is 0.227 e. The molecule has 0 radical (unpaired) electrons. The van der Waals surface area contributed by atoms with E-state index < -0.39 is 0 Å². The molecule has 1 aromatic heterocycles. The monoisotopic (exact) mass is 251 g/mol. The van der Waals surface area contributed by atoms with Gasteiger partial charge in [-0.05, 0) is 31.6 Å². The third-order valence-electron chi connectivity index (χ3n) is 4.02. The third-order valence-corrected chi connectivity index (χ3v) is 4.02. The van der Waals surface area contributed by atoms with Crippen LogP contribution in [-0.4, -0.2) is 17.6 Å². The Morgan fingerprint density at radius 3 is 2.89 bits per heavy atom. The van der Waals surface area contributed by atoms with Crippen molar-refractivity contribution in [2.75, 3.05) is 6.54 Å². The normalized spacial score (nSPS) is 28.0. The average Bonchev–Trinajstić information content (AvgIpc) is 2.90. The molecule has 1 aliphatic carbocycles. The average molecular weight is 251 g/mol. The number of nitrogens with one attached hydrogen (secondary N) is 1. The Kier molecular flexibility index (Phi) is 4.01. The summed E-state index contributed by atoms with van der Waals surface area (Å²) in [6, 6.07) is 1.75. The van der Waals surface area contributed by atoms with Gasteiger partial charge in [0.15, 0.2) is 5.76 Å². The molecule has 1 heterocycles. The topological polar surface area (TPSA) is 81.2 Å². The fourth-order valence-electron chi connectivity index (χ4n) is 2.53. The second-order valence-electron chi connectivity index (χ2n) is 5.33. The van der Waals surface area contributed by atoms with Gasteiger partial charge in [0.05, 0.1) is 18.2 Å². The van der Waals surface area contributed by atoms with Crippen molar-refractivity contribution in [2.24, 2.45) is 17.1 Å². The van der Waals surface area contributed by atoms with Gasteiger partial charge in [0.25, 0.3) is 0 Å². The Bertz CT molecular complexity index is 381. The molecule has 0 atom stereocenters. The van der Waals surface area contributed by atoms with Crippen LogP contribution in [0.1, 0.15) is 38.4 Å². The standard InChI is InChI=1S/C13H21N3O2/c1-10-2-5-13(9-14,6-3-10)12(17)15-8-11-4-7-16-18-11/h4,7,10H,2-3,5-6,8-9,14H2,1H3,(H,15,17). The first-order valence-electron chi connectivity index (χ1n) is 6.54. The summed E-state index contributed by atoms with van der Waals surface area (Å²) in [6.45, 7) is 3.03. The molecule has 5 heteroatoms. The quantitative estimate of drug-likeness (QED) is 0.848. The van der Waals surface area contributed by atoms with Gasteiger partial charge in [-0.25, -0.2) is 0 Å². The fraction of sp³-hybridized carbons (Fsp3) is 0.692. The van der Waals surface area contributed by atoms with Gasteiger partial charge in [0, 0.05) is 12.6 Å². The summed E-state index contributed by atoms with van der Waals surface area (Å²) in [6.07, 6.45) is 5.49. The molecular formula is C13H21N3O2. The van der Waals surface area contributed by atoms with Crippen LogP contribution < -0.4 is 11.1 Å². The Morgan fingerprint density at radius 1 is 1.61 bits per heavy atom. The van der Waals surface area contributed by atoms with Crippen LogP contribution in [0.3, 0.4) is 0 Å². The number of nitrogens with two attached hydrogens (primary N) is 1. The molecule has 3 N–H and O–H groups in total. The highest BCUT2D eigenvalue weighted by Gasteiger charge is 2.39. The summed E-state index contributed by atoms with van der Waals surface area (Å²) in [7, 11) is 0. The summed E-state index contributed by atoms with van der Waals surface area (Å²) in [5.41, 5.74) is 5.45. The van der Waals surface area contributed by atoms with Gasteiger partial charge in [-0.2, -0.15) is 0 Å². The first kappa shape index (κ1) is 13.1. The minimum absolute atomic E-state index is 0.0494. The summed E-state index contributed by atoms with van der Waals surface area (Å²) in [5.74, 6) is 1.42. The first-order chi connectivity index (χ1) is 8.66. The van der Waals surface area contributed by atoms with Crippen molar-refractivity contribution >= 4 is 5.91 Å². The van der Waals surface area contributed by atoms with Crippen molar-refractivity contribution in [2.45, 2.75) is 39.2 Å². The molecule has 0 saturated heterocycles. The zero-order chi connectivity index (χ0) is 13.0. The Hall–Kier alpha value is -1.36. The molecule has 0 unspecified atom stereocenters. The molecule has 1 aromatic rings. The van der Waals surface area contributed by atoms with E-state index in [-0.39, 0.29) is 11.3 Å². The summed E-state index contributed by atoms with van der Waals surface area (Å²) < 4.78 is 4.96. The van der Waals surface area contributed by atoms with Crippen LogP contribution in [0.5, 0.6) is 0 Å². The highest BCUT2D eigenvalue weighted by Crippen LogP contribution is 2.38. The van der Waals surface area contributed by atoms with E-state index in [1.807, 2.05) is 0 Å². The van der Waals surface area contributed by atoms with Gasteiger partial charge in [0.2, 0.25) is 5.91 Å². The van der Waals surface area contributed by atoms with Gasteiger partial charge in [-0.15, -0.1) is 0 Å². The molecule has 1 amide bonds. The molecule has 0 aliphatic heterocycles. The van der Waals surface area contributed by atoms with E-state index in [1.165, 1.54) is 0 Å². The zero-order valence-corrected chi connectivity index (χ0v) is 10.8. The van der Waals surface area contributed by atoms with E-state index in [0.29, 0.717) is 24.8 Å².